The van der Waals surface area contributed by atoms with Crippen molar-refractivity contribution in [3.8, 4) is 0 Å². The molecule has 1 aromatic carbocycles. The summed E-state index contributed by atoms with van der Waals surface area (Å²) in [7, 11) is 4.27. The van der Waals surface area contributed by atoms with Crippen LogP contribution in [0.2, 0.25) is 0 Å². The third-order valence-corrected chi connectivity index (χ3v) is 5.47. The van der Waals surface area contributed by atoms with Gasteiger partial charge in [0.15, 0.2) is 0 Å². The van der Waals surface area contributed by atoms with Crippen molar-refractivity contribution in [1.82, 2.24) is 9.80 Å². The number of carbonyl (C=O) groups excluding carboxylic acids is 1. The second kappa shape index (κ2) is 6.41. The lowest BCUT2D eigenvalue weighted by molar-refractivity contribution is -0.134. The van der Waals surface area contributed by atoms with Crippen LogP contribution in [0.15, 0.2) is 24.3 Å². The van der Waals surface area contributed by atoms with E-state index in [0.717, 1.165) is 25.9 Å². The molecule has 2 atom stereocenters. The lowest BCUT2D eigenvalue weighted by Crippen LogP contribution is -2.37. The quantitative estimate of drug-likeness (QED) is 0.856. The van der Waals surface area contributed by atoms with Gasteiger partial charge in [0.05, 0.1) is 0 Å². The van der Waals surface area contributed by atoms with Gasteiger partial charge >= 0.3 is 0 Å². The molecule has 0 radical (unpaired) electrons. The second-order valence-electron chi connectivity index (χ2n) is 7.27. The first kappa shape index (κ1) is 15.5. The Kier molecular flexibility index (Phi) is 4.53. The van der Waals surface area contributed by atoms with Crippen molar-refractivity contribution in [3.05, 3.63) is 35.4 Å². The number of amides is 1. The summed E-state index contributed by atoms with van der Waals surface area (Å²) in [5, 5.41) is 0. The van der Waals surface area contributed by atoms with Gasteiger partial charge in [0.1, 0.15) is 0 Å². The third kappa shape index (κ3) is 3.05. The van der Waals surface area contributed by atoms with E-state index in [0.29, 0.717) is 23.8 Å². The number of hydrogen-bond donors (Lipinski definition) is 0. The summed E-state index contributed by atoms with van der Waals surface area (Å²) in [6.07, 6.45) is 4.64. The number of rotatable bonds is 3. The van der Waals surface area contributed by atoms with Crippen molar-refractivity contribution in [2.75, 3.05) is 27.2 Å². The summed E-state index contributed by atoms with van der Waals surface area (Å²) >= 11 is 0. The molecule has 1 saturated heterocycles. The third-order valence-electron chi connectivity index (χ3n) is 5.47. The zero-order chi connectivity index (χ0) is 15.7. The average molecular weight is 300 g/mol. The van der Waals surface area contributed by atoms with Crippen LogP contribution >= 0.6 is 0 Å². The summed E-state index contributed by atoms with van der Waals surface area (Å²) < 4.78 is 0. The zero-order valence-corrected chi connectivity index (χ0v) is 14.1. The first-order valence-electron chi connectivity index (χ1n) is 8.58. The summed E-state index contributed by atoms with van der Waals surface area (Å²) in [6, 6.07) is 9.26. The maximum absolute atomic E-state index is 12.8. The van der Waals surface area contributed by atoms with Crippen molar-refractivity contribution < 1.29 is 4.79 Å². The highest BCUT2D eigenvalue weighted by molar-refractivity contribution is 5.79. The average Bonchev–Trinajstić information content (AvgIpc) is 3.17. The molecule has 120 valence electrons. The smallest absolute Gasteiger partial charge is 0.225 e. The van der Waals surface area contributed by atoms with E-state index >= 15 is 0 Å². The molecular formula is C19H28N2O. The molecule has 3 nitrogen and oxygen atoms in total. The maximum atomic E-state index is 12.8. The summed E-state index contributed by atoms with van der Waals surface area (Å²) in [5.74, 6) is 1.12. The molecule has 2 unspecified atom stereocenters. The van der Waals surface area contributed by atoms with Gasteiger partial charge in [-0.2, -0.15) is 0 Å². The lowest BCUT2D eigenvalue weighted by Gasteiger charge is -2.25. The van der Waals surface area contributed by atoms with Crippen molar-refractivity contribution in [2.45, 2.75) is 44.6 Å². The van der Waals surface area contributed by atoms with Crippen LogP contribution in [0.25, 0.3) is 0 Å². The highest BCUT2D eigenvalue weighted by atomic mass is 16.2. The van der Waals surface area contributed by atoms with Crippen LogP contribution in [0.5, 0.6) is 0 Å². The molecule has 1 amide bonds. The molecule has 2 fully saturated rings. The highest BCUT2D eigenvalue weighted by Gasteiger charge is 2.39. The number of likely N-dealkylation sites (tertiary alicyclic amines) is 1. The van der Waals surface area contributed by atoms with Gasteiger partial charge < -0.3 is 9.80 Å². The SMILES string of the molecule is Cc1ccc(C2CN(C(=O)C3CCCC3)CC2N(C)C)cc1. The maximum Gasteiger partial charge on any atom is 0.225 e. The standard InChI is InChI=1S/C19H28N2O/c1-14-8-10-15(11-9-14)17-12-21(13-18(17)20(2)3)19(22)16-6-4-5-7-16/h8-11,16-18H,4-7,12-13H2,1-3H3. The van der Waals surface area contributed by atoms with Crippen LogP contribution in [0, 0.1) is 12.8 Å². The Hall–Kier alpha value is -1.35. The fourth-order valence-corrected chi connectivity index (χ4v) is 4.06. The lowest BCUT2D eigenvalue weighted by atomic mass is 9.93. The van der Waals surface area contributed by atoms with E-state index < -0.39 is 0 Å². The number of benzene rings is 1. The number of likely N-dealkylation sites (N-methyl/N-ethyl adjacent to an activating group) is 1. The van der Waals surface area contributed by atoms with Crippen molar-refractivity contribution in [3.63, 3.8) is 0 Å². The van der Waals surface area contributed by atoms with Gasteiger partial charge in [0.25, 0.3) is 0 Å². The Bertz CT molecular complexity index is 517. The van der Waals surface area contributed by atoms with E-state index in [1.54, 1.807) is 0 Å². The van der Waals surface area contributed by atoms with E-state index in [9.17, 15) is 4.79 Å². The molecule has 1 aliphatic heterocycles. The van der Waals surface area contributed by atoms with Gasteiger partial charge in [0, 0.05) is 31.0 Å². The topological polar surface area (TPSA) is 23.6 Å². The van der Waals surface area contributed by atoms with E-state index in [-0.39, 0.29) is 0 Å². The molecule has 3 rings (SSSR count). The molecule has 0 spiro atoms. The summed E-state index contributed by atoms with van der Waals surface area (Å²) in [4.78, 5) is 17.2. The largest absolute Gasteiger partial charge is 0.340 e. The Morgan fingerprint density at radius 3 is 2.32 bits per heavy atom. The van der Waals surface area contributed by atoms with Gasteiger partial charge in [0.2, 0.25) is 5.91 Å². The van der Waals surface area contributed by atoms with Gasteiger partial charge in [-0.3, -0.25) is 4.79 Å². The van der Waals surface area contributed by atoms with Gasteiger partial charge in [-0.25, -0.2) is 0 Å². The minimum absolute atomic E-state index is 0.291. The first-order valence-corrected chi connectivity index (χ1v) is 8.58. The molecule has 0 bridgehead atoms. The summed E-state index contributed by atoms with van der Waals surface area (Å²) in [6.45, 7) is 3.87. The predicted molar refractivity (Wildman–Crippen MR) is 89.9 cm³/mol. The fraction of sp³-hybridized carbons (Fsp3) is 0.632. The number of hydrogen-bond acceptors (Lipinski definition) is 2. The van der Waals surface area contributed by atoms with Crippen LogP contribution in [-0.2, 0) is 4.79 Å². The van der Waals surface area contributed by atoms with Gasteiger partial charge in [-0.15, -0.1) is 0 Å². The molecule has 22 heavy (non-hydrogen) atoms. The highest BCUT2D eigenvalue weighted by Crippen LogP contribution is 2.34. The van der Waals surface area contributed by atoms with Crippen molar-refractivity contribution in [1.29, 1.82) is 0 Å². The Morgan fingerprint density at radius 1 is 1.09 bits per heavy atom. The molecule has 2 aliphatic rings. The van der Waals surface area contributed by atoms with Crippen LogP contribution in [-0.4, -0.2) is 48.9 Å². The number of aryl methyl sites for hydroxylation is 1. The van der Waals surface area contributed by atoms with Crippen LogP contribution in [0.4, 0.5) is 0 Å². The zero-order valence-electron chi connectivity index (χ0n) is 14.1. The van der Waals surface area contributed by atoms with Crippen LogP contribution in [0.1, 0.15) is 42.7 Å². The first-order chi connectivity index (χ1) is 10.6. The molecule has 1 aliphatic carbocycles. The Labute approximate surface area is 134 Å². The van der Waals surface area contributed by atoms with Crippen molar-refractivity contribution in [2.24, 2.45) is 5.92 Å². The Morgan fingerprint density at radius 2 is 1.73 bits per heavy atom. The van der Waals surface area contributed by atoms with Crippen molar-refractivity contribution >= 4 is 5.91 Å². The van der Waals surface area contributed by atoms with Gasteiger partial charge in [-0.05, 0) is 39.4 Å². The summed E-state index contributed by atoms with van der Waals surface area (Å²) in [5.41, 5.74) is 2.66. The molecule has 0 N–H and O–H groups in total. The van der Waals surface area contributed by atoms with Crippen LogP contribution in [0.3, 0.4) is 0 Å². The molecule has 3 heteroatoms. The normalized spacial score (nSPS) is 26.1. The van der Waals surface area contributed by atoms with E-state index in [4.69, 9.17) is 0 Å². The van der Waals surface area contributed by atoms with E-state index in [2.05, 4.69) is 55.1 Å². The molecule has 1 aromatic rings. The molecule has 0 aromatic heterocycles. The van der Waals surface area contributed by atoms with E-state index in [1.165, 1.54) is 24.0 Å². The Balaban J connectivity index is 1.77. The monoisotopic (exact) mass is 300 g/mol. The van der Waals surface area contributed by atoms with E-state index in [1.807, 2.05) is 0 Å². The number of nitrogens with zero attached hydrogens (tertiary/aromatic N) is 2. The minimum Gasteiger partial charge on any atom is -0.340 e. The molecule has 1 saturated carbocycles. The fourth-order valence-electron chi connectivity index (χ4n) is 4.06. The molecular weight excluding hydrogens is 272 g/mol. The predicted octanol–water partition coefficient (Wildman–Crippen LogP) is 3.04. The van der Waals surface area contributed by atoms with Gasteiger partial charge in [-0.1, -0.05) is 42.7 Å². The number of carbonyl (C=O) groups is 1. The second-order valence-corrected chi connectivity index (χ2v) is 7.27. The minimum atomic E-state index is 0.291. The van der Waals surface area contributed by atoms with Crippen LogP contribution < -0.4 is 0 Å². The molecule has 1 heterocycles.